The Morgan fingerprint density at radius 1 is 1.08 bits per heavy atom. The molecule has 0 aliphatic carbocycles. The second-order valence-electron chi connectivity index (χ2n) is 6.25. The molecule has 0 amide bonds. The Labute approximate surface area is 152 Å². The van der Waals surface area contributed by atoms with Crippen LogP contribution in [0.25, 0.3) is 0 Å². The Morgan fingerprint density at radius 2 is 1.96 bits per heavy atom. The van der Waals surface area contributed by atoms with Gasteiger partial charge in [-0.3, -0.25) is 4.90 Å². The van der Waals surface area contributed by atoms with E-state index >= 15 is 0 Å². The first-order chi connectivity index (χ1) is 12.3. The fourth-order valence-electron chi connectivity index (χ4n) is 3.11. The number of para-hydroxylation sites is 1. The molecule has 1 aliphatic heterocycles. The first-order valence-corrected chi connectivity index (χ1v) is 8.78. The average molecular weight is 351 g/mol. The molecule has 2 heterocycles. The highest BCUT2D eigenvalue weighted by molar-refractivity contribution is 6.30. The molecule has 5 heteroatoms. The highest BCUT2D eigenvalue weighted by Gasteiger charge is 2.18. The van der Waals surface area contributed by atoms with Crippen LogP contribution in [-0.4, -0.2) is 21.4 Å². The summed E-state index contributed by atoms with van der Waals surface area (Å²) in [7, 11) is 0. The van der Waals surface area contributed by atoms with Gasteiger partial charge in [-0.2, -0.15) is 0 Å². The number of nitrogens with zero attached hydrogens (tertiary/aromatic N) is 3. The van der Waals surface area contributed by atoms with E-state index in [9.17, 15) is 0 Å². The third-order valence-corrected chi connectivity index (χ3v) is 4.57. The van der Waals surface area contributed by atoms with Crippen LogP contribution in [0.2, 0.25) is 5.02 Å². The summed E-state index contributed by atoms with van der Waals surface area (Å²) >= 11 is 6.08. The molecule has 4 rings (SSSR count). The normalized spacial score (nSPS) is 14.1. The molecule has 1 aliphatic rings. The minimum atomic E-state index is 0.660. The van der Waals surface area contributed by atoms with E-state index in [-0.39, 0.29) is 0 Å². The van der Waals surface area contributed by atoms with Gasteiger partial charge in [0.25, 0.3) is 0 Å². The molecule has 1 N–H and O–H groups in total. The molecule has 4 nitrogen and oxygen atoms in total. The van der Waals surface area contributed by atoms with Gasteiger partial charge in [-0.05, 0) is 29.8 Å². The van der Waals surface area contributed by atoms with Crippen LogP contribution in [0.1, 0.15) is 16.8 Å². The number of anilines is 2. The van der Waals surface area contributed by atoms with Crippen molar-refractivity contribution in [2.24, 2.45) is 0 Å². The van der Waals surface area contributed by atoms with Crippen LogP contribution in [0.5, 0.6) is 0 Å². The maximum Gasteiger partial charge on any atom is 0.227 e. The van der Waals surface area contributed by atoms with Crippen molar-refractivity contribution in [1.29, 1.82) is 0 Å². The van der Waals surface area contributed by atoms with Gasteiger partial charge in [0.2, 0.25) is 5.95 Å². The summed E-state index contributed by atoms with van der Waals surface area (Å²) in [5.41, 5.74) is 4.57. The summed E-state index contributed by atoms with van der Waals surface area (Å²) in [6, 6.07) is 18.1. The van der Waals surface area contributed by atoms with Gasteiger partial charge in [-0.25, -0.2) is 9.97 Å². The van der Waals surface area contributed by atoms with E-state index in [0.29, 0.717) is 5.95 Å². The lowest BCUT2D eigenvalue weighted by Crippen LogP contribution is -2.31. The largest absolute Gasteiger partial charge is 0.324 e. The molecule has 25 heavy (non-hydrogen) atoms. The van der Waals surface area contributed by atoms with E-state index in [2.05, 4.69) is 21.3 Å². The number of halogens is 1. The molecule has 126 valence electrons. The number of fused-ring (bicyclic) bond motifs is 1. The molecule has 0 fully saturated rings. The molecule has 2 aromatic carbocycles. The van der Waals surface area contributed by atoms with E-state index < -0.39 is 0 Å². The third-order valence-electron chi connectivity index (χ3n) is 4.34. The van der Waals surface area contributed by atoms with Gasteiger partial charge in [0.15, 0.2) is 0 Å². The molecule has 0 atom stereocenters. The van der Waals surface area contributed by atoms with Gasteiger partial charge < -0.3 is 5.32 Å². The van der Waals surface area contributed by atoms with Gasteiger partial charge >= 0.3 is 0 Å². The molecular formula is C20H19ClN4. The molecule has 0 bridgehead atoms. The molecule has 3 aromatic rings. The van der Waals surface area contributed by atoms with Crippen LogP contribution in [-0.2, 0) is 19.5 Å². The predicted molar refractivity (Wildman–Crippen MR) is 101 cm³/mol. The van der Waals surface area contributed by atoms with Crippen molar-refractivity contribution in [3.8, 4) is 0 Å². The maximum absolute atomic E-state index is 6.08. The Morgan fingerprint density at radius 3 is 2.80 bits per heavy atom. The Kier molecular flexibility index (Phi) is 4.63. The fourth-order valence-corrected chi connectivity index (χ4v) is 3.33. The lowest BCUT2D eigenvalue weighted by atomic mass is 10.1. The van der Waals surface area contributed by atoms with Crippen LogP contribution in [0.15, 0.2) is 60.8 Å². The zero-order chi connectivity index (χ0) is 17.1. The van der Waals surface area contributed by atoms with Crippen molar-refractivity contribution in [1.82, 2.24) is 14.9 Å². The Bertz CT molecular complexity index is 867. The summed E-state index contributed by atoms with van der Waals surface area (Å²) in [6.45, 7) is 2.75. The van der Waals surface area contributed by atoms with Crippen LogP contribution in [0.3, 0.4) is 0 Å². The topological polar surface area (TPSA) is 41.1 Å². The van der Waals surface area contributed by atoms with Crippen LogP contribution in [0.4, 0.5) is 11.6 Å². The molecular weight excluding hydrogens is 332 g/mol. The third kappa shape index (κ3) is 3.98. The average Bonchev–Trinajstić information content (AvgIpc) is 2.63. The summed E-state index contributed by atoms with van der Waals surface area (Å²) in [4.78, 5) is 11.6. The second-order valence-corrected chi connectivity index (χ2v) is 6.68. The quantitative estimate of drug-likeness (QED) is 0.755. The molecule has 1 aromatic heterocycles. The summed E-state index contributed by atoms with van der Waals surface area (Å²) in [5.74, 6) is 0.660. The smallest absolute Gasteiger partial charge is 0.227 e. The maximum atomic E-state index is 6.08. The second kappa shape index (κ2) is 7.21. The van der Waals surface area contributed by atoms with Crippen molar-refractivity contribution in [2.75, 3.05) is 11.9 Å². The summed E-state index contributed by atoms with van der Waals surface area (Å²) < 4.78 is 0. The molecule has 0 spiro atoms. The van der Waals surface area contributed by atoms with Crippen LogP contribution >= 0.6 is 11.6 Å². The van der Waals surface area contributed by atoms with Gasteiger partial charge in [0, 0.05) is 48.5 Å². The Balaban J connectivity index is 1.45. The summed E-state index contributed by atoms with van der Waals surface area (Å²) in [5, 5.41) is 4.05. The van der Waals surface area contributed by atoms with E-state index in [1.165, 1.54) is 11.1 Å². The molecule has 0 unspecified atom stereocenters. The number of hydrogen-bond donors (Lipinski definition) is 1. The van der Waals surface area contributed by atoms with E-state index in [4.69, 9.17) is 16.6 Å². The van der Waals surface area contributed by atoms with Crippen molar-refractivity contribution < 1.29 is 0 Å². The molecule has 0 saturated heterocycles. The number of aromatic nitrogens is 2. The zero-order valence-electron chi connectivity index (χ0n) is 13.8. The first kappa shape index (κ1) is 16.1. The summed E-state index contributed by atoms with van der Waals surface area (Å²) in [6.07, 6.45) is 2.87. The number of hydrogen-bond acceptors (Lipinski definition) is 4. The molecule has 0 radical (unpaired) electrons. The van der Waals surface area contributed by atoms with Crippen molar-refractivity contribution >= 4 is 23.2 Å². The Hall–Kier alpha value is -2.43. The molecule has 0 saturated carbocycles. The van der Waals surface area contributed by atoms with Crippen LogP contribution in [0, 0.1) is 0 Å². The van der Waals surface area contributed by atoms with Crippen molar-refractivity contribution in [3.63, 3.8) is 0 Å². The SMILES string of the molecule is Clc1cccc(CN2CCc3nc(Nc4ccccc4)ncc3C2)c1. The monoisotopic (exact) mass is 350 g/mol. The van der Waals surface area contributed by atoms with E-state index in [1.54, 1.807) is 0 Å². The number of nitrogens with one attached hydrogen (secondary N) is 1. The van der Waals surface area contributed by atoms with Gasteiger partial charge in [-0.1, -0.05) is 41.9 Å². The number of benzene rings is 2. The number of rotatable bonds is 4. The fraction of sp³-hybridized carbons (Fsp3) is 0.200. The van der Waals surface area contributed by atoms with E-state index in [0.717, 1.165) is 42.5 Å². The van der Waals surface area contributed by atoms with Crippen LogP contribution < -0.4 is 5.32 Å². The lowest BCUT2D eigenvalue weighted by molar-refractivity contribution is 0.243. The minimum absolute atomic E-state index is 0.660. The van der Waals surface area contributed by atoms with Gasteiger partial charge in [-0.15, -0.1) is 0 Å². The standard InChI is InChI=1S/C20H19ClN4/c21-17-6-4-5-15(11-17)13-25-10-9-19-16(14-25)12-22-20(24-19)23-18-7-2-1-3-8-18/h1-8,11-12H,9-10,13-14H2,(H,22,23,24). The first-order valence-electron chi connectivity index (χ1n) is 8.40. The van der Waals surface area contributed by atoms with Crippen molar-refractivity contribution in [3.05, 3.63) is 82.6 Å². The highest BCUT2D eigenvalue weighted by Crippen LogP contribution is 2.21. The van der Waals surface area contributed by atoms with Crippen molar-refractivity contribution in [2.45, 2.75) is 19.5 Å². The predicted octanol–water partition coefficient (Wildman–Crippen LogP) is 4.43. The van der Waals surface area contributed by atoms with Gasteiger partial charge in [0.05, 0.1) is 5.69 Å². The minimum Gasteiger partial charge on any atom is -0.324 e. The van der Waals surface area contributed by atoms with E-state index in [1.807, 2.05) is 54.7 Å². The highest BCUT2D eigenvalue weighted by atomic mass is 35.5. The lowest BCUT2D eigenvalue weighted by Gasteiger charge is -2.28. The zero-order valence-corrected chi connectivity index (χ0v) is 14.6. The van der Waals surface area contributed by atoms with Gasteiger partial charge in [0.1, 0.15) is 0 Å².